The number of Topliss-reactive ketones (excluding diaryl/α,β-unsaturated/α-hetero) is 1. The Morgan fingerprint density at radius 2 is 1.43 bits per heavy atom. The topological polar surface area (TPSA) is 44.8 Å². The minimum Gasteiger partial charge on any atom is -0.497 e. The van der Waals surface area contributed by atoms with Crippen LogP contribution in [0, 0.1) is 0 Å². The van der Waals surface area contributed by atoms with E-state index in [1.807, 2.05) is 66.7 Å². The van der Waals surface area contributed by atoms with Crippen LogP contribution in [0.2, 0.25) is 0 Å². The SMILES string of the molecule is COc1ccc(C(=O)C2=C(c3ccccc3OC)CCc3cc(OC)ccc32)cc1. The molecule has 152 valence electrons. The Labute approximate surface area is 176 Å². The molecule has 3 aromatic carbocycles. The largest absolute Gasteiger partial charge is 0.497 e. The maximum atomic E-state index is 13.7. The zero-order chi connectivity index (χ0) is 21.1. The standard InChI is InChI=1S/C26H24O4/c1-28-19-11-8-17(9-12-19)26(27)25-21-15-13-20(29-2)16-18(21)10-14-23(25)22-6-4-5-7-24(22)30-3/h4-9,11-13,15-16H,10,14H2,1-3H3. The summed E-state index contributed by atoms with van der Waals surface area (Å²) in [6.07, 6.45) is 1.58. The van der Waals surface area contributed by atoms with Crippen LogP contribution in [0.15, 0.2) is 66.7 Å². The van der Waals surface area contributed by atoms with E-state index < -0.39 is 0 Å². The van der Waals surface area contributed by atoms with Gasteiger partial charge in [-0.25, -0.2) is 0 Å². The minimum absolute atomic E-state index is 0.00956. The molecule has 30 heavy (non-hydrogen) atoms. The van der Waals surface area contributed by atoms with Crippen LogP contribution in [0.5, 0.6) is 17.2 Å². The maximum Gasteiger partial charge on any atom is 0.193 e. The van der Waals surface area contributed by atoms with E-state index >= 15 is 0 Å². The Bertz CT molecular complexity index is 1110. The Morgan fingerprint density at radius 1 is 0.733 bits per heavy atom. The summed E-state index contributed by atoms with van der Waals surface area (Å²) in [5.74, 6) is 2.28. The zero-order valence-corrected chi connectivity index (χ0v) is 17.4. The van der Waals surface area contributed by atoms with Crippen molar-refractivity contribution in [2.45, 2.75) is 12.8 Å². The molecule has 3 aromatic rings. The van der Waals surface area contributed by atoms with Gasteiger partial charge < -0.3 is 14.2 Å². The molecule has 0 spiro atoms. The molecule has 0 saturated carbocycles. The third-order valence-corrected chi connectivity index (χ3v) is 5.54. The molecule has 1 aliphatic rings. The first kappa shape index (κ1) is 19.8. The number of para-hydroxylation sites is 1. The molecule has 4 heteroatoms. The van der Waals surface area contributed by atoms with Crippen molar-refractivity contribution in [1.29, 1.82) is 0 Å². The Kier molecular flexibility index (Phi) is 5.57. The second-order valence-corrected chi connectivity index (χ2v) is 7.13. The fourth-order valence-corrected chi connectivity index (χ4v) is 4.00. The van der Waals surface area contributed by atoms with Gasteiger partial charge in [0.15, 0.2) is 5.78 Å². The number of fused-ring (bicyclic) bond motifs is 1. The van der Waals surface area contributed by atoms with Crippen LogP contribution in [0.25, 0.3) is 11.1 Å². The fourth-order valence-electron chi connectivity index (χ4n) is 4.00. The lowest BCUT2D eigenvalue weighted by Gasteiger charge is -2.25. The van der Waals surface area contributed by atoms with Gasteiger partial charge in [-0.05, 0) is 72.0 Å². The third kappa shape index (κ3) is 3.57. The number of carbonyl (C=O) groups is 1. The number of rotatable bonds is 6. The number of ketones is 1. The summed E-state index contributed by atoms with van der Waals surface area (Å²) in [7, 11) is 4.93. The number of aryl methyl sites for hydroxylation is 1. The summed E-state index contributed by atoms with van der Waals surface area (Å²) in [6.45, 7) is 0. The van der Waals surface area contributed by atoms with Gasteiger partial charge in [0.05, 0.1) is 21.3 Å². The number of hydrogen-bond donors (Lipinski definition) is 0. The van der Waals surface area contributed by atoms with Crippen molar-refractivity contribution in [1.82, 2.24) is 0 Å². The van der Waals surface area contributed by atoms with E-state index in [9.17, 15) is 4.79 Å². The molecule has 0 atom stereocenters. The second kappa shape index (κ2) is 8.46. The van der Waals surface area contributed by atoms with Gasteiger partial charge in [0, 0.05) is 16.7 Å². The average molecular weight is 400 g/mol. The van der Waals surface area contributed by atoms with E-state index in [1.165, 1.54) is 0 Å². The van der Waals surface area contributed by atoms with Crippen LogP contribution in [0.1, 0.15) is 33.5 Å². The molecule has 0 fully saturated rings. The van der Waals surface area contributed by atoms with Gasteiger partial charge in [-0.2, -0.15) is 0 Å². The number of methoxy groups -OCH3 is 3. The lowest BCUT2D eigenvalue weighted by molar-refractivity contribution is 0.105. The maximum absolute atomic E-state index is 13.7. The van der Waals surface area contributed by atoms with Gasteiger partial charge in [0.25, 0.3) is 0 Å². The molecule has 4 nitrogen and oxygen atoms in total. The molecular formula is C26H24O4. The predicted octanol–water partition coefficient (Wildman–Crippen LogP) is 5.45. The quantitative estimate of drug-likeness (QED) is 0.516. The van der Waals surface area contributed by atoms with Crippen LogP contribution in [-0.4, -0.2) is 27.1 Å². The third-order valence-electron chi connectivity index (χ3n) is 5.54. The molecule has 4 rings (SSSR count). The molecule has 0 unspecified atom stereocenters. The summed E-state index contributed by atoms with van der Waals surface area (Å²) in [6, 6.07) is 21.0. The van der Waals surface area contributed by atoms with Gasteiger partial charge >= 0.3 is 0 Å². The molecule has 0 aromatic heterocycles. The molecule has 0 amide bonds. The highest BCUT2D eigenvalue weighted by molar-refractivity contribution is 6.35. The summed E-state index contributed by atoms with van der Waals surface area (Å²) in [5.41, 5.74) is 5.37. The van der Waals surface area contributed by atoms with Crippen molar-refractivity contribution in [2.75, 3.05) is 21.3 Å². The lowest BCUT2D eigenvalue weighted by atomic mass is 9.79. The van der Waals surface area contributed by atoms with Crippen LogP contribution < -0.4 is 14.2 Å². The summed E-state index contributed by atoms with van der Waals surface area (Å²) >= 11 is 0. The van der Waals surface area contributed by atoms with E-state index in [2.05, 4.69) is 0 Å². The van der Waals surface area contributed by atoms with Gasteiger partial charge in [-0.3, -0.25) is 4.79 Å². The van der Waals surface area contributed by atoms with Gasteiger partial charge in [-0.1, -0.05) is 24.3 Å². The highest BCUT2D eigenvalue weighted by atomic mass is 16.5. The fraction of sp³-hybridized carbons (Fsp3) is 0.192. The van der Waals surface area contributed by atoms with E-state index in [4.69, 9.17) is 14.2 Å². The zero-order valence-electron chi connectivity index (χ0n) is 17.4. The Morgan fingerprint density at radius 3 is 2.13 bits per heavy atom. The summed E-state index contributed by atoms with van der Waals surface area (Å²) in [5, 5.41) is 0. The van der Waals surface area contributed by atoms with Crippen LogP contribution in [0.4, 0.5) is 0 Å². The summed E-state index contributed by atoms with van der Waals surface area (Å²) in [4.78, 5) is 13.7. The normalized spacial score (nSPS) is 12.9. The molecule has 0 N–H and O–H groups in total. The summed E-state index contributed by atoms with van der Waals surface area (Å²) < 4.78 is 16.2. The number of ether oxygens (including phenoxy) is 3. The monoisotopic (exact) mass is 400 g/mol. The number of benzene rings is 3. The van der Waals surface area contributed by atoms with Crippen molar-refractivity contribution in [3.05, 3.63) is 89.0 Å². The van der Waals surface area contributed by atoms with Gasteiger partial charge in [-0.15, -0.1) is 0 Å². The minimum atomic E-state index is -0.00956. The van der Waals surface area contributed by atoms with Gasteiger partial charge in [0.1, 0.15) is 17.2 Å². The van der Waals surface area contributed by atoms with Crippen LogP contribution in [-0.2, 0) is 6.42 Å². The van der Waals surface area contributed by atoms with Crippen molar-refractivity contribution in [3.63, 3.8) is 0 Å². The Balaban J connectivity index is 1.92. The number of allylic oxidation sites excluding steroid dienone is 2. The van der Waals surface area contributed by atoms with Crippen LogP contribution in [0.3, 0.4) is 0 Å². The first-order valence-electron chi connectivity index (χ1n) is 9.89. The molecule has 0 heterocycles. The molecule has 1 aliphatic carbocycles. The average Bonchev–Trinajstić information content (AvgIpc) is 2.82. The Hall–Kier alpha value is -3.53. The highest BCUT2D eigenvalue weighted by Gasteiger charge is 2.27. The molecule has 0 bridgehead atoms. The molecule has 0 aliphatic heterocycles. The van der Waals surface area contributed by atoms with E-state index in [-0.39, 0.29) is 5.78 Å². The van der Waals surface area contributed by atoms with Crippen molar-refractivity contribution in [3.8, 4) is 17.2 Å². The number of hydrogen-bond acceptors (Lipinski definition) is 4. The van der Waals surface area contributed by atoms with Crippen LogP contribution >= 0.6 is 0 Å². The first-order chi connectivity index (χ1) is 14.7. The molecular weight excluding hydrogens is 376 g/mol. The second-order valence-electron chi connectivity index (χ2n) is 7.13. The first-order valence-corrected chi connectivity index (χ1v) is 9.89. The van der Waals surface area contributed by atoms with Crippen molar-refractivity contribution >= 4 is 16.9 Å². The lowest BCUT2D eigenvalue weighted by Crippen LogP contribution is -2.13. The molecule has 0 radical (unpaired) electrons. The molecule has 0 saturated heterocycles. The van der Waals surface area contributed by atoms with E-state index in [0.29, 0.717) is 11.1 Å². The number of carbonyl (C=O) groups excluding carboxylic acids is 1. The van der Waals surface area contributed by atoms with Crippen molar-refractivity contribution < 1.29 is 19.0 Å². The van der Waals surface area contributed by atoms with Gasteiger partial charge in [0.2, 0.25) is 0 Å². The van der Waals surface area contributed by atoms with E-state index in [0.717, 1.165) is 52.4 Å². The van der Waals surface area contributed by atoms with E-state index in [1.54, 1.807) is 21.3 Å². The van der Waals surface area contributed by atoms with Crippen molar-refractivity contribution in [2.24, 2.45) is 0 Å². The predicted molar refractivity (Wildman–Crippen MR) is 118 cm³/mol. The highest BCUT2D eigenvalue weighted by Crippen LogP contribution is 2.42. The smallest absolute Gasteiger partial charge is 0.193 e.